The number of hydrogen-bond donors (Lipinski definition) is 0. The third kappa shape index (κ3) is 3.08. The molecule has 0 aromatic carbocycles. The molecule has 0 unspecified atom stereocenters. The van der Waals surface area contributed by atoms with Crippen molar-refractivity contribution in [2.75, 3.05) is 0 Å². The van der Waals surface area contributed by atoms with Crippen LogP contribution in [-0.4, -0.2) is 9.55 Å². The van der Waals surface area contributed by atoms with E-state index in [4.69, 9.17) is 0 Å². The van der Waals surface area contributed by atoms with Gasteiger partial charge in [-0.25, -0.2) is 4.98 Å². The second-order valence-corrected chi connectivity index (χ2v) is 5.70. The van der Waals surface area contributed by atoms with Gasteiger partial charge in [0.25, 0.3) is 0 Å². The highest BCUT2D eigenvalue weighted by Gasteiger charge is 2.26. The van der Waals surface area contributed by atoms with Crippen molar-refractivity contribution in [2.24, 2.45) is 11.3 Å². The van der Waals surface area contributed by atoms with E-state index >= 15 is 0 Å². The zero-order valence-corrected chi connectivity index (χ0v) is 9.95. The molecular weight excluding hydrogens is 184 g/mol. The average Bonchev–Trinajstić information content (AvgIpc) is 2.69. The van der Waals surface area contributed by atoms with Gasteiger partial charge in [0, 0.05) is 18.9 Å². The van der Waals surface area contributed by atoms with Gasteiger partial charge in [-0.05, 0) is 43.4 Å². The first kappa shape index (κ1) is 10.7. The zero-order chi connectivity index (χ0) is 10.7. The van der Waals surface area contributed by atoms with E-state index in [0.717, 1.165) is 12.5 Å². The Bertz CT molecular complexity index is 277. The molecule has 0 atom stereocenters. The third-order valence-electron chi connectivity index (χ3n) is 3.81. The summed E-state index contributed by atoms with van der Waals surface area (Å²) in [5.74, 6) is 0.945. The number of imidazole rings is 1. The zero-order valence-electron chi connectivity index (χ0n) is 9.95. The Hall–Kier alpha value is -0.790. The first-order valence-electron chi connectivity index (χ1n) is 6.11. The van der Waals surface area contributed by atoms with Gasteiger partial charge >= 0.3 is 0 Å². The lowest BCUT2D eigenvalue weighted by Gasteiger charge is -2.34. The fourth-order valence-electron chi connectivity index (χ4n) is 2.50. The van der Waals surface area contributed by atoms with Gasteiger partial charge in [0.15, 0.2) is 0 Å². The Balaban J connectivity index is 1.73. The lowest BCUT2D eigenvalue weighted by atomic mass is 9.72. The Kier molecular flexibility index (Phi) is 3.13. The summed E-state index contributed by atoms with van der Waals surface area (Å²) in [4.78, 5) is 4.07. The fraction of sp³-hybridized carbons (Fsp3) is 0.769. The van der Waals surface area contributed by atoms with Gasteiger partial charge in [0.1, 0.15) is 0 Å². The molecule has 0 amide bonds. The molecule has 0 saturated heterocycles. The second-order valence-electron chi connectivity index (χ2n) is 5.70. The Labute approximate surface area is 92.7 Å². The summed E-state index contributed by atoms with van der Waals surface area (Å²) >= 11 is 0. The number of rotatable bonds is 3. The fourth-order valence-corrected chi connectivity index (χ4v) is 2.50. The monoisotopic (exact) mass is 206 g/mol. The number of aryl methyl sites for hydroxylation is 1. The normalized spacial score (nSPS) is 21.7. The summed E-state index contributed by atoms with van der Waals surface area (Å²) in [6.07, 6.45) is 12.8. The quantitative estimate of drug-likeness (QED) is 0.740. The minimum atomic E-state index is 0.603. The van der Waals surface area contributed by atoms with Crippen LogP contribution in [0.15, 0.2) is 18.7 Å². The molecule has 1 aliphatic carbocycles. The van der Waals surface area contributed by atoms with Crippen LogP contribution in [0.4, 0.5) is 0 Å². The smallest absolute Gasteiger partial charge is 0.0945 e. The van der Waals surface area contributed by atoms with E-state index in [2.05, 4.69) is 29.6 Å². The molecule has 0 bridgehead atoms. The molecule has 1 fully saturated rings. The van der Waals surface area contributed by atoms with E-state index in [0.29, 0.717) is 5.41 Å². The van der Waals surface area contributed by atoms with Crippen molar-refractivity contribution in [1.82, 2.24) is 9.55 Å². The van der Waals surface area contributed by atoms with Crippen LogP contribution in [0.3, 0.4) is 0 Å². The van der Waals surface area contributed by atoms with Crippen molar-refractivity contribution < 1.29 is 0 Å². The SMILES string of the molecule is CC1(C)CCC(CCn2ccnc2)CC1. The van der Waals surface area contributed by atoms with Gasteiger partial charge < -0.3 is 4.57 Å². The van der Waals surface area contributed by atoms with Crippen molar-refractivity contribution in [1.29, 1.82) is 0 Å². The lowest BCUT2D eigenvalue weighted by molar-refractivity contribution is 0.181. The highest BCUT2D eigenvalue weighted by atomic mass is 15.0. The summed E-state index contributed by atoms with van der Waals surface area (Å²) in [6.45, 7) is 5.95. The van der Waals surface area contributed by atoms with Crippen molar-refractivity contribution in [3.63, 3.8) is 0 Å². The van der Waals surface area contributed by atoms with Crippen LogP contribution in [0.25, 0.3) is 0 Å². The summed E-state index contributed by atoms with van der Waals surface area (Å²) in [7, 11) is 0. The molecule has 1 heterocycles. The van der Waals surface area contributed by atoms with Crippen molar-refractivity contribution in [3.8, 4) is 0 Å². The van der Waals surface area contributed by atoms with Gasteiger partial charge in [-0.3, -0.25) is 0 Å². The number of aromatic nitrogens is 2. The molecule has 1 aromatic rings. The molecule has 2 rings (SSSR count). The minimum absolute atomic E-state index is 0.603. The standard InChI is InChI=1S/C13H22N2/c1-13(2)6-3-12(4-7-13)5-9-15-10-8-14-11-15/h8,10-12H,3-7,9H2,1-2H3. The van der Waals surface area contributed by atoms with Gasteiger partial charge in [-0.2, -0.15) is 0 Å². The van der Waals surface area contributed by atoms with E-state index in [1.165, 1.54) is 32.1 Å². The van der Waals surface area contributed by atoms with E-state index in [1.807, 2.05) is 12.5 Å². The summed E-state index contributed by atoms with van der Waals surface area (Å²) in [5, 5.41) is 0. The van der Waals surface area contributed by atoms with Crippen LogP contribution in [0, 0.1) is 11.3 Å². The molecule has 1 saturated carbocycles. The van der Waals surface area contributed by atoms with Crippen LogP contribution in [0.2, 0.25) is 0 Å². The summed E-state index contributed by atoms with van der Waals surface area (Å²) in [6, 6.07) is 0. The van der Waals surface area contributed by atoms with Crippen LogP contribution in [0.5, 0.6) is 0 Å². The number of hydrogen-bond acceptors (Lipinski definition) is 1. The van der Waals surface area contributed by atoms with Gasteiger partial charge in [0.05, 0.1) is 6.33 Å². The highest BCUT2D eigenvalue weighted by Crippen LogP contribution is 2.39. The molecule has 0 radical (unpaired) electrons. The van der Waals surface area contributed by atoms with Crippen LogP contribution >= 0.6 is 0 Å². The maximum absolute atomic E-state index is 4.07. The van der Waals surface area contributed by atoms with E-state index < -0.39 is 0 Å². The van der Waals surface area contributed by atoms with E-state index in [-0.39, 0.29) is 0 Å². The predicted octanol–water partition coefficient (Wildman–Crippen LogP) is 3.49. The van der Waals surface area contributed by atoms with Crippen molar-refractivity contribution in [2.45, 2.75) is 52.5 Å². The van der Waals surface area contributed by atoms with Crippen LogP contribution in [-0.2, 0) is 6.54 Å². The van der Waals surface area contributed by atoms with Crippen LogP contribution < -0.4 is 0 Å². The Morgan fingerprint density at radius 3 is 2.67 bits per heavy atom. The third-order valence-corrected chi connectivity index (χ3v) is 3.81. The first-order valence-corrected chi connectivity index (χ1v) is 6.11. The minimum Gasteiger partial charge on any atom is -0.337 e. The second kappa shape index (κ2) is 4.38. The van der Waals surface area contributed by atoms with Crippen molar-refractivity contribution >= 4 is 0 Å². The topological polar surface area (TPSA) is 17.8 Å². The molecule has 0 spiro atoms. The van der Waals surface area contributed by atoms with E-state index in [1.54, 1.807) is 0 Å². The first-order chi connectivity index (χ1) is 7.16. The molecule has 1 aliphatic rings. The Morgan fingerprint density at radius 1 is 1.33 bits per heavy atom. The van der Waals surface area contributed by atoms with E-state index in [9.17, 15) is 0 Å². The molecule has 84 valence electrons. The number of nitrogens with zero attached hydrogens (tertiary/aromatic N) is 2. The molecule has 2 heteroatoms. The summed E-state index contributed by atoms with van der Waals surface area (Å²) < 4.78 is 2.19. The molecular formula is C13H22N2. The van der Waals surface area contributed by atoms with Crippen molar-refractivity contribution in [3.05, 3.63) is 18.7 Å². The largest absolute Gasteiger partial charge is 0.337 e. The molecule has 0 N–H and O–H groups in total. The molecule has 1 aromatic heterocycles. The lowest BCUT2D eigenvalue weighted by Crippen LogP contribution is -2.21. The molecule has 15 heavy (non-hydrogen) atoms. The van der Waals surface area contributed by atoms with Gasteiger partial charge in [-0.1, -0.05) is 13.8 Å². The highest BCUT2D eigenvalue weighted by molar-refractivity contribution is 4.80. The average molecular weight is 206 g/mol. The maximum Gasteiger partial charge on any atom is 0.0945 e. The Morgan fingerprint density at radius 2 is 2.07 bits per heavy atom. The molecule has 0 aliphatic heterocycles. The summed E-state index contributed by atoms with van der Waals surface area (Å²) in [5.41, 5.74) is 0.603. The predicted molar refractivity (Wildman–Crippen MR) is 62.6 cm³/mol. The molecule has 2 nitrogen and oxygen atoms in total. The van der Waals surface area contributed by atoms with Crippen LogP contribution in [0.1, 0.15) is 46.0 Å². The van der Waals surface area contributed by atoms with Gasteiger partial charge in [0.2, 0.25) is 0 Å². The maximum atomic E-state index is 4.07. The van der Waals surface area contributed by atoms with Gasteiger partial charge in [-0.15, -0.1) is 0 Å².